The van der Waals surface area contributed by atoms with Crippen molar-refractivity contribution in [1.29, 1.82) is 0 Å². The van der Waals surface area contributed by atoms with E-state index in [-0.39, 0.29) is 35.5 Å². The van der Waals surface area contributed by atoms with Gasteiger partial charge >= 0.3 is 10.2 Å². The summed E-state index contributed by atoms with van der Waals surface area (Å²) >= 11 is 0. The molecule has 2 aliphatic carbocycles. The summed E-state index contributed by atoms with van der Waals surface area (Å²) in [6.07, 6.45) is 8.71. The summed E-state index contributed by atoms with van der Waals surface area (Å²) in [5, 5.41) is 1.08. The minimum atomic E-state index is -4.08. The van der Waals surface area contributed by atoms with E-state index in [1.54, 1.807) is 13.2 Å². The number of amides is 2. The van der Waals surface area contributed by atoms with Crippen LogP contribution in [-0.4, -0.2) is 93.2 Å². The van der Waals surface area contributed by atoms with E-state index < -0.39 is 21.5 Å². The molecule has 5 fully saturated rings. The van der Waals surface area contributed by atoms with Gasteiger partial charge in [-0.25, -0.2) is 4.72 Å². The number of carbonyl (C=O) groups excluding carboxylic acids is 2. The summed E-state index contributed by atoms with van der Waals surface area (Å²) in [7, 11) is -0.252. The van der Waals surface area contributed by atoms with Crippen LogP contribution in [0.25, 0.3) is 22.2 Å². The Kier molecular flexibility index (Phi) is 7.83. The molecular weight excluding hydrogens is 655 g/mol. The van der Waals surface area contributed by atoms with Crippen molar-refractivity contribution in [3.05, 3.63) is 53.1 Å². The number of hydrogen-bond donors (Lipinski definition) is 2. The van der Waals surface area contributed by atoms with Crippen LogP contribution in [0.2, 0.25) is 0 Å². The standard InChI is InChI=1S/C38H47N5O6S/c1-41-20-26-17-27(21-41)43(26)37(45)38-19-32(38)31-18-28(48-2)9-11-29(31)35-34(23-6-4-3-5-7-23)30-10-8-24(16-33(30)42(35)22-38)36(44)40-50(46,47)39-25-12-14-49-15-13-25/h8-11,16,18,23,25-27,32,39H,3-7,12-15,17,19-22H2,1-2H3,(H,40,44). The lowest BCUT2D eigenvalue weighted by Crippen LogP contribution is -2.70. The van der Waals surface area contributed by atoms with Crippen LogP contribution >= 0.6 is 0 Å². The van der Waals surface area contributed by atoms with Gasteiger partial charge in [0.05, 0.1) is 18.2 Å². The number of nitrogens with one attached hydrogen (secondary N) is 2. The van der Waals surface area contributed by atoms with E-state index in [4.69, 9.17) is 9.47 Å². The van der Waals surface area contributed by atoms with Crippen LogP contribution in [0.3, 0.4) is 0 Å². The quantitative estimate of drug-likeness (QED) is 0.372. The molecule has 0 spiro atoms. The van der Waals surface area contributed by atoms with Gasteiger partial charge in [-0.05, 0) is 92.9 Å². The van der Waals surface area contributed by atoms with Crippen molar-refractivity contribution in [2.75, 3.05) is 40.5 Å². The number of piperidine rings is 1. The predicted octanol–water partition coefficient (Wildman–Crippen LogP) is 4.51. The first-order valence-corrected chi connectivity index (χ1v) is 19.9. The monoisotopic (exact) mass is 701 g/mol. The molecule has 2 aromatic carbocycles. The third-order valence-electron chi connectivity index (χ3n) is 12.6. The Morgan fingerprint density at radius 3 is 2.48 bits per heavy atom. The lowest BCUT2D eigenvalue weighted by molar-refractivity contribution is -0.159. The topological polar surface area (TPSA) is 122 Å². The van der Waals surface area contributed by atoms with Crippen molar-refractivity contribution < 1.29 is 27.5 Å². The van der Waals surface area contributed by atoms with Gasteiger partial charge in [-0.15, -0.1) is 0 Å². The van der Waals surface area contributed by atoms with Gasteiger partial charge in [0.25, 0.3) is 5.91 Å². The van der Waals surface area contributed by atoms with Crippen molar-refractivity contribution >= 4 is 32.9 Å². The highest BCUT2D eigenvalue weighted by Gasteiger charge is 2.66. The number of likely N-dealkylation sites (tertiary alicyclic amines) is 2. The molecule has 50 heavy (non-hydrogen) atoms. The second-order valence-electron chi connectivity index (χ2n) is 15.7. The summed E-state index contributed by atoms with van der Waals surface area (Å²) in [6, 6.07) is 12.2. The number of fused-ring (bicyclic) bond motifs is 9. The molecule has 0 radical (unpaired) electrons. The maximum Gasteiger partial charge on any atom is 0.301 e. The SMILES string of the molecule is COc1ccc2c(c1)C1CC1(C(=O)N1C3CC1CN(C)C3)Cn1c-2c(C2CCCCC2)c2ccc(C(=O)NS(=O)(=O)NC3CCOCC3)cc21. The fourth-order valence-electron chi connectivity index (χ4n) is 10.1. The van der Waals surface area contributed by atoms with E-state index in [0.29, 0.717) is 38.5 Å². The van der Waals surface area contributed by atoms with Crippen molar-refractivity contribution in [2.24, 2.45) is 5.41 Å². The number of methoxy groups -OCH3 is 1. The summed E-state index contributed by atoms with van der Waals surface area (Å²) < 4.78 is 44.4. The smallest absolute Gasteiger partial charge is 0.301 e. The molecule has 3 aromatic rings. The van der Waals surface area contributed by atoms with Crippen LogP contribution in [0.5, 0.6) is 5.75 Å². The Bertz CT molecular complexity index is 1970. The van der Waals surface area contributed by atoms with E-state index in [2.05, 4.69) is 43.0 Å². The minimum absolute atomic E-state index is 0.0706. The molecule has 266 valence electrons. The van der Waals surface area contributed by atoms with Gasteiger partial charge in [0.2, 0.25) is 5.91 Å². The number of nitrogens with zero attached hydrogens (tertiary/aromatic N) is 3. The number of ether oxygens (including phenoxy) is 2. The zero-order chi connectivity index (χ0) is 34.4. The Balaban J connectivity index is 1.16. The first-order chi connectivity index (χ1) is 24.2. The lowest BCUT2D eigenvalue weighted by atomic mass is 9.81. The van der Waals surface area contributed by atoms with Crippen LogP contribution < -0.4 is 14.2 Å². The van der Waals surface area contributed by atoms with Crippen LogP contribution in [0.15, 0.2) is 36.4 Å². The van der Waals surface area contributed by atoms with E-state index in [1.807, 2.05) is 18.2 Å². The van der Waals surface area contributed by atoms with Crippen molar-refractivity contribution in [3.63, 3.8) is 0 Å². The Hall–Kier alpha value is -3.45. The summed E-state index contributed by atoms with van der Waals surface area (Å²) in [6.45, 7) is 3.30. The molecule has 6 aliphatic rings. The average molecular weight is 702 g/mol. The van der Waals surface area contributed by atoms with Gasteiger partial charge in [0, 0.05) is 78.9 Å². The molecule has 4 aliphatic heterocycles. The molecule has 5 heterocycles. The number of likely N-dealkylation sites (N-methyl/N-ethyl adjacent to an activating group) is 1. The molecule has 9 rings (SSSR count). The van der Waals surface area contributed by atoms with Gasteiger partial charge in [0.1, 0.15) is 5.75 Å². The number of aromatic nitrogens is 1. The van der Waals surface area contributed by atoms with Crippen LogP contribution in [0.4, 0.5) is 0 Å². The summed E-state index contributed by atoms with van der Waals surface area (Å²) in [4.78, 5) is 33.0. The normalized spacial score (nSPS) is 28.2. The van der Waals surface area contributed by atoms with Crippen LogP contribution in [-0.2, 0) is 26.3 Å². The number of rotatable bonds is 7. The molecule has 1 aromatic heterocycles. The number of hydrogen-bond acceptors (Lipinski definition) is 7. The maximum absolute atomic E-state index is 14.8. The highest BCUT2D eigenvalue weighted by Crippen LogP contribution is 2.67. The maximum atomic E-state index is 14.8. The van der Waals surface area contributed by atoms with Crippen molar-refractivity contribution in [2.45, 2.75) is 94.3 Å². The van der Waals surface area contributed by atoms with Gasteiger partial charge in [-0.1, -0.05) is 25.3 Å². The predicted molar refractivity (Wildman–Crippen MR) is 189 cm³/mol. The second kappa shape index (κ2) is 12.1. The zero-order valence-electron chi connectivity index (χ0n) is 28.9. The minimum Gasteiger partial charge on any atom is -0.497 e. The Morgan fingerprint density at radius 1 is 0.980 bits per heavy atom. The first-order valence-electron chi connectivity index (χ1n) is 18.4. The molecular formula is C38H47N5O6S. The lowest BCUT2D eigenvalue weighted by Gasteiger charge is -2.56. The molecule has 2 bridgehead atoms. The van der Waals surface area contributed by atoms with E-state index in [1.165, 1.54) is 30.4 Å². The Morgan fingerprint density at radius 2 is 1.74 bits per heavy atom. The molecule has 3 saturated heterocycles. The second-order valence-corrected chi connectivity index (χ2v) is 17.1. The molecule has 4 unspecified atom stereocenters. The molecule has 11 nitrogen and oxygen atoms in total. The van der Waals surface area contributed by atoms with Crippen molar-refractivity contribution in [3.8, 4) is 17.0 Å². The summed E-state index contributed by atoms with van der Waals surface area (Å²) in [5.41, 5.74) is 5.30. The van der Waals surface area contributed by atoms with E-state index in [9.17, 15) is 18.0 Å². The Labute approximate surface area is 293 Å². The fourth-order valence-corrected chi connectivity index (χ4v) is 11.2. The number of piperazine rings is 1. The van der Waals surface area contributed by atoms with Crippen LogP contribution in [0.1, 0.15) is 91.1 Å². The molecule has 12 heteroatoms. The van der Waals surface area contributed by atoms with Gasteiger partial charge in [0.15, 0.2) is 0 Å². The third-order valence-corrected chi connectivity index (χ3v) is 13.7. The molecule has 2 amide bonds. The van der Waals surface area contributed by atoms with E-state index >= 15 is 0 Å². The number of carbonyl (C=O) groups is 2. The fraction of sp³-hybridized carbons (Fsp3) is 0.579. The number of benzene rings is 2. The molecule has 2 N–H and O–H groups in total. The zero-order valence-corrected chi connectivity index (χ0v) is 29.8. The highest BCUT2D eigenvalue weighted by atomic mass is 32.2. The van der Waals surface area contributed by atoms with Gasteiger partial charge < -0.3 is 23.8 Å². The van der Waals surface area contributed by atoms with Crippen molar-refractivity contribution in [1.82, 2.24) is 23.8 Å². The van der Waals surface area contributed by atoms with E-state index in [0.717, 1.165) is 66.7 Å². The molecule has 4 atom stereocenters. The summed E-state index contributed by atoms with van der Waals surface area (Å²) in [5.74, 6) is 0.790. The average Bonchev–Trinajstić information content (AvgIpc) is 3.78. The molecule has 2 saturated carbocycles. The van der Waals surface area contributed by atoms with Crippen LogP contribution in [0, 0.1) is 5.41 Å². The van der Waals surface area contributed by atoms with Gasteiger partial charge in [-0.2, -0.15) is 13.1 Å². The largest absolute Gasteiger partial charge is 0.497 e. The highest BCUT2D eigenvalue weighted by molar-refractivity contribution is 7.88. The first kappa shape index (κ1) is 32.5. The third kappa shape index (κ3) is 5.28. The van der Waals surface area contributed by atoms with Gasteiger partial charge in [-0.3, -0.25) is 9.59 Å².